The molecule has 0 bridgehead atoms. The molecule has 0 radical (unpaired) electrons. The minimum absolute atomic E-state index is 0.0202. The molecule has 2 nitrogen and oxygen atoms in total. The summed E-state index contributed by atoms with van der Waals surface area (Å²) in [5, 5.41) is 10.4. The Bertz CT molecular complexity index is 538. The van der Waals surface area contributed by atoms with Gasteiger partial charge in [0, 0.05) is 10.3 Å². The van der Waals surface area contributed by atoms with Crippen LogP contribution in [-0.4, -0.2) is 17.7 Å². The van der Waals surface area contributed by atoms with E-state index in [1.165, 1.54) is 10.5 Å². The summed E-state index contributed by atoms with van der Waals surface area (Å²) in [7, 11) is 1.68. The first kappa shape index (κ1) is 15.5. The fourth-order valence-corrected chi connectivity index (χ4v) is 4.60. The predicted molar refractivity (Wildman–Crippen MR) is 86.7 cm³/mol. The maximum atomic E-state index is 10.4. The highest BCUT2D eigenvalue weighted by Gasteiger charge is 2.46. The van der Waals surface area contributed by atoms with Crippen molar-refractivity contribution in [2.24, 2.45) is 10.8 Å². The zero-order chi connectivity index (χ0) is 15.1. The van der Waals surface area contributed by atoms with Crippen LogP contribution in [0.1, 0.15) is 40.2 Å². The fourth-order valence-electron chi connectivity index (χ4n) is 3.02. The van der Waals surface area contributed by atoms with Crippen LogP contribution in [0.2, 0.25) is 0 Å². The van der Waals surface area contributed by atoms with Gasteiger partial charge in [0.05, 0.1) is 7.11 Å². The molecule has 1 atom stereocenters. The molecule has 1 N–H and O–H groups in total. The summed E-state index contributed by atoms with van der Waals surface area (Å²) < 4.78 is 5.32. The maximum Gasteiger partial charge on any atom is 0.119 e. The minimum Gasteiger partial charge on any atom is -0.497 e. The van der Waals surface area contributed by atoms with Gasteiger partial charge in [-0.05, 0) is 28.7 Å². The van der Waals surface area contributed by atoms with Crippen LogP contribution in [0.4, 0.5) is 0 Å². The molecule has 1 aromatic carbocycles. The van der Waals surface area contributed by atoms with E-state index in [2.05, 4.69) is 40.7 Å². The number of methoxy groups -OCH3 is 1. The Kier molecular flexibility index (Phi) is 3.96. The molecular formula is C17H24O2S. The van der Waals surface area contributed by atoms with Gasteiger partial charge in [-0.3, -0.25) is 0 Å². The zero-order valence-corrected chi connectivity index (χ0v) is 14.0. The molecule has 110 valence electrons. The van der Waals surface area contributed by atoms with Gasteiger partial charge in [-0.1, -0.05) is 58.5 Å². The van der Waals surface area contributed by atoms with Crippen molar-refractivity contribution >= 4 is 16.7 Å². The summed E-state index contributed by atoms with van der Waals surface area (Å²) in [6, 6.07) is 8.08. The molecule has 1 unspecified atom stereocenters. The number of hydrogen-bond donors (Lipinski definition) is 1. The van der Waals surface area contributed by atoms with Crippen LogP contribution in [-0.2, 0) is 0 Å². The largest absolute Gasteiger partial charge is 0.497 e. The molecular weight excluding hydrogens is 268 g/mol. The second kappa shape index (κ2) is 5.12. The predicted octanol–water partition coefficient (Wildman–Crippen LogP) is 4.54. The molecule has 20 heavy (non-hydrogen) atoms. The highest BCUT2D eigenvalue weighted by atomic mass is 32.2. The van der Waals surface area contributed by atoms with Gasteiger partial charge in [0.2, 0.25) is 0 Å². The number of benzene rings is 1. The molecule has 1 aromatic rings. The number of hydrogen-bond acceptors (Lipinski definition) is 3. The van der Waals surface area contributed by atoms with Gasteiger partial charge >= 0.3 is 0 Å². The summed E-state index contributed by atoms with van der Waals surface area (Å²) in [5.41, 5.74) is 1.84. The van der Waals surface area contributed by atoms with Crippen molar-refractivity contribution in [3.05, 3.63) is 35.4 Å². The Hall–Kier alpha value is -0.930. The molecule has 1 aliphatic heterocycles. The van der Waals surface area contributed by atoms with Crippen LogP contribution in [0.5, 0.6) is 5.75 Å². The number of aliphatic hydroxyl groups is 1. The van der Waals surface area contributed by atoms with Gasteiger partial charge in [-0.15, -0.1) is 0 Å². The second-order valence-electron chi connectivity index (χ2n) is 6.88. The third-order valence-corrected chi connectivity index (χ3v) is 5.29. The first-order valence-electron chi connectivity index (χ1n) is 6.92. The van der Waals surface area contributed by atoms with Crippen molar-refractivity contribution in [1.82, 2.24) is 0 Å². The number of ether oxygens (including phenoxy) is 1. The van der Waals surface area contributed by atoms with Crippen LogP contribution >= 0.6 is 11.8 Å². The Morgan fingerprint density at radius 3 is 2.45 bits per heavy atom. The molecule has 1 aliphatic rings. The monoisotopic (exact) mass is 292 g/mol. The van der Waals surface area contributed by atoms with Crippen molar-refractivity contribution in [2.75, 3.05) is 7.11 Å². The average Bonchev–Trinajstić information content (AvgIpc) is 2.60. The summed E-state index contributed by atoms with van der Waals surface area (Å²) in [6.07, 6.45) is 0. The van der Waals surface area contributed by atoms with E-state index in [0.717, 1.165) is 11.3 Å². The Balaban J connectivity index is 2.61. The van der Waals surface area contributed by atoms with Crippen molar-refractivity contribution in [1.29, 1.82) is 0 Å². The molecule has 0 amide bonds. The lowest BCUT2D eigenvalue weighted by Gasteiger charge is -2.34. The lowest BCUT2D eigenvalue weighted by Crippen LogP contribution is -2.30. The molecule has 3 heteroatoms. The molecule has 0 aromatic heterocycles. The van der Waals surface area contributed by atoms with Crippen molar-refractivity contribution in [2.45, 2.75) is 40.1 Å². The van der Waals surface area contributed by atoms with Gasteiger partial charge < -0.3 is 9.84 Å². The van der Waals surface area contributed by atoms with Gasteiger partial charge in [-0.25, -0.2) is 0 Å². The Labute approximate surface area is 126 Å². The topological polar surface area (TPSA) is 29.5 Å². The summed E-state index contributed by atoms with van der Waals surface area (Å²) in [4.78, 5) is 1.19. The van der Waals surface area contributed by atoms with Crippen LogP contribution in [0, 0.1) is 10.8 Å². The average molecular weight is 292 g/mol. The Morgan fingerprint density at radius 1 is 1.25 bits per heavy atom. The SMILES string of the molecule is COc1cccc(C2=C(C(C)(C)C)C(C)(C)C(O)S2)c1. The lowest BCUT2D eigenvalue weighted by molar-refractivity contribution is 0.144. The van der Waals surface area contributed by atoms with Crippen molar-refractivity contribution in [3.63, 3.8) is 0 Å². The highest BCUT2D eigenvalue weighted by Crippen LogP contribution is 2.58. The van der Waals surface area contributed by atoms with E-state index in [1.807, 2.05) is 18.2 Å². The van der Waals surface area contributed by atoms with Crippen molar-refractivity contribution in [3.8, 4) is 5.75 Å². The van der Waals surface area contributed by atoms with E-state index in [1.54, 1.807) is 18.9 Å². The van der Waals surface area contributed by atoms with Gasteiger partial charge in [0.25, 0.3) is 0 Å². The minimum atomic E-state index is -0.405. The second-order valence-corrected chi connectivity index (χ2v) is 7.97. The molecule has 1 heterocycles. The van der Waals surface area contributed by atoms with E-state index >= 15 is 0 Å². The van der Waals surface area contributed by atoms with Crippen LogP contribution in [0.3, 0.4) is 0 Å². The first-order chi connectivity index (χ1) is 9.17. The lowest BCUT2D eigenvalue weighted by atomic mass is 9.70. The third-order valence-electron chi connectivity index (χ3n) is 3.80. The van der Waals surface area contributed by atoms with E-state index in [9.17, 15) is 5.11 Å². The summed E-state index contributed by atoms with van der Waals surface area (Å²) in [6.45, 7) is 10.9. The van der Waals surface area contributed by atoms with Gasteiger partial charge in [0.1, 0.15) is 11.2 Å². The number of aliphatic hydroxyl groups excluding tert-OH is 1. The number of thioether (sulfide) groups is 1. The van der Waals surface area contributed by atoms with Crippen molar-refractivity contribution < 1.29 is 9.84 Å². The van der Waals surface area contributed by atoms with Crippen LogP contribution in [0.25, 0.3) is 4.91 Å². The van der Waals surface area contributed by atoms with Crippen LogP contribution in [0.15, 0.2) is 29.8 Å². The quantitative estimate of drug-likeness (QED) is 0.867. The maximum absolute atomic E-state index is 10.4. The molecule has 0 spiro atoms. The molecule has 0 fully saturated rings. The van der Waals surface area contributed by atoms with E-state index in [0.29, 0.717) is 0 Å². The smallest absolute Gasteiger partial charge is 0.119 e. The first-order valence-corrected chi connectivity index (χ1v) is 7.80. The zero-order valence-electron chi connectivity index (χ0n) is 13.2. The fraction of sp³-hybridized carbons (Fsp3) is 0.529. The summed E-state index contributed by atoms with van der Waals surface area (Å²) >= 11 is 1.56. The molecule has 0 saturated heterocycles. The van der Waals surface area contributed by atoms with E-state index < -0.39 is 5.44 Å². The standard InChI is InChI=1S/C17H24O2S/c1-16(2,3)14-13(20-15(18)17(14,4)5)11-8-7-9-12(10-11)19-6/h7-10,15,18H,1-6H3. The van der Waals surface area contributed by atoms with Gasteiger partial charge in [-0.2, -0.15) is 0 Å². The normalized spacial score (nSPS) is 22.2. The Morgan fingerprint density at radius 2 is 1.90 bits per heavy atom. The van der Waals surface area contributed by atoms with Crippen LogP contribution < -0.4 is 4.74 Å². The van der Waals surface area contributed by atoms with E-state index in [4.69, 9.17) is 4.74 Å². The highest BCUT2D eigenvalue weighted by molar-refractivity contribution is 8.09. The van der Waals surface area contributed by atoms with E-state index in [-0.39, 0.29) is 10.8 Å². The number of rotatable bonds is 2. The van der Waals surface area contributed by atoms with Gasteiger partial charge in [0.15, 0.2) is 0 Å². The molecule has 2 rings (SSSR count). The molecule has 0 saturated carbocycles. The molecule has 0 aliphatic carbocycles. The summed E-state index contributed by atoms with van der Waals surface area (Å²) in [5.74, 6) is 0.850. The third kappa shape index (κ3) is 2.61.